The summed E-state index contributed by atoms with van der Waals surface area (Å²) in [6, 6.07) is 11.6. The Bertz CT molecular complexity index is 1170. The van der Waals surface area contributed by atoms with Gasteiger partial charge in [0.1, 0.15) is 0 Å². The number of rotatable bonds is 5. The summed E-state index contributed by atoms with van der Waals surface area (Å²) in [7, 11) is 0. The second-order valence-electron chi connectivity index (χ2n) is 7.64. The normalized spacial score (nSPS) is 15.7. The van der Waals surface area contributed by atoms with Crippen molar-refractivity contribution in [3.8, 4) is 0 Å². The van der Waals surface area contributed by atoms with Gasteiger partial charge in [0.15, 0.2) is 0 Å². The van der Waals surface area contributed by atoms with Crippen LogP contribution in [0.15, 0.2) is 53.7 Å². The fourth-order valence-corrected chi connectivity index (χ4v) is 5.37. The molecule has 0 saturated carbocycles. The molecule has 4 heterocycles. The lowest BCUT2D eigenvalue weighted by Crippen LogP contribution is -2.43. The Morgan fingerprint density at radius 2 is 2.03 bits per heavy atom. The molecular formula is C23H23N5O2S2. The Hall–Kier alpha value is -2.88. The van der Waals surface area contributed by atoms with E-state index < -0.39 is 0 Å². The zero-order valence-corrected chi connectivity index (χ0v) is 19.3. The van der Waals surface area contributed by atoms with Crippen molar-refractivity contribution in [1.82, 2.24) is 10.3 Å². The fraction of sp³-hybridized carbons (Fsp3) is 0.261. The number of amides is 2. The van der Waals surface area contributed by atoms with Gasteiger partial charge in [-0.2, -0.15) is 0 Å². The van der Waals surface area contributed by atoms with E-state index in [0.717, 1.165) is 52.9 Å². The number of thiophene rings is 1. The van der Waals surface area contributed by atoms with E-state index >= 15 is 0 Å². The molecule has 32 heavy (non-hydrogen) atoms. The van der Waals surface area contributed by atoms with Gasteiger partial charge in [0.2, 0.25) is 0 Å². The van der Waals surface area contributed by atoms with Gasteiger partial charge < -0.3 is 15.5 Å². The van der Waals surface area contributed by atoms with Crippen LogP contribution in [0.4, 0.5) is 16.4 Å². The first-order valence-corrected chi connectivity index (χ1v) is 12.5. The molecule has 2 N–H and O–H groups in total. The minimum absolute atomic E-state index is 0.0158. The molecule has 5 rings (SSSR count). The summed E-state index contributed by atoms with van der Waals surface area (Å²) >= 11 is 2.95. The van der Waals surface area contributed by atoms with E-state index in [-0.39, 0.29) is 11.8 Å². The third-order valence-corrected chi connectivity index (χ3v) is 7.54. The number of carbonyl (C=O) groups excluding carboxylic acids is 2. The van der Waals surface area contributed by atoms with Crippen LogP contribution >= 0.6 is 23.1 Å². The number of aromatic nitrogens is 1. The van der Waals surface area contributed by atoms with Crippen molar-refractivity contribution in [3.05, 3.63) is 64.8 Å². The third-order valence-electron chi connectivity index (χ3n) is 5.71. The van der Waals surface area contributed by atoms with E-state index in [4.69, 9.17) is 0 Å². The molecule has 2 amide bonds. The highest BCUT2D eigenvalue weighted by Gasteiger charge is 2.30. The van der Waals surface area contributed by atoms with Crippen molar-refractivity contribution in [2.24, 2.45) is 0 Å². The standard InChI is InChI=1S/C23H23N5O2S2/c1-31-16-3-2-15-14-28(23(30)17(15)12-16)21-5-4-20(32-21)22(29)26-18-13-25-7-6-19(18)27-10-8-24-9-11-27/h2-7,12-13,24H,8-11,14H2,1H3,(H,26,29). The largest absolute Gasteiger partial charge is 0.367 e. The van der Waals surface area contributed by atoms with Crippen LogP contribution in [-0.4, -0.2) is 49.2 Å². The third kappa shape index (κ3) is 3.99. The lowest BCUT2D eigenvalue weighted by Gasteiger charge is -2.30. The minimum Gasteiger partial charge on any atom is -0.367 e. The van der Waals surface area contributed by atoms with Crippen LogP contribution in [-0.2, 0) is 6.54 Å². The second kappa shape index (κ2) is 8.93. The number of nitrogens with one attached hydrogen (secondary N) is 2. The molecule has 0 aliphatic carbocycles. The maximum atomic E-state index is 13.0. The number of piperazine rings is 1. The highest BCUT2D eigenvalue weighted by molar-refractivity contribution is 7.98. The number of carbonyl (C=O) groups is 2. The van der Waals surface area contributed by atoms with Gasteiger partial charge >= 0.3 is 0 Å². The van der Waals surface area contributed by atoms with Crippen molar-refractivity contribution < 1.29 is 9.59 Å². The van der Waals surface area contributed by atoms with Gasteiger partial charge in [-0.05, 0) is 42.2 Å². The number of hydrogen-bond donors (Lipinski definition) is 2. The monoisotopic (exact) mass is 465 g/mol. The fourth-order valence-electron chi connectivity index (χ4n) is 4.03. The van der Waals surface area contributed by atoms with Crippen LogP contribution in [0.5, 0.6) is 0 Å². The summed E-state index contributed by atoms with van der Waals surface area (Å²) in [5.41, 5.74) is 3.43. The number of nitrogens with zero attached hydrogens (tertiary/aromatic N) is 3. The van der Waals surface area contributed by atoms with Gasteiger partial charge in [-0.25, -0.2) is 0 Å². The van der Waals surface area contributed by atoms with Gasteiger partial charge in [-0.15, -0.1) is 23.1 Å². The molecule has 2 aliphatic heterocycles. The average Bonchev–Trinajstić information content (AvgIpc) is 3.45. The molecule has 0 radical (unpaired) electrons. The van der Waals surface area contributed by atoms with E-state index in [1.165, 1.54) is 11.3 Å². The topological polar surface area (TPSA) is 77.6 Å². The first-order valence-electron chi connectivity index (χ1n) is 10.4. The Balaban J connectivity index is 1.33. The van der Waals surface area contributed by atoms with Crippen molar-refractivity contribution >= 4 is 51.3 Å². The smallest absolute Gasteiger partial charge is 0.265 e. The molecule has 164 valence electrons. The van der Waals surface area contributed by atoms with E-state index in [1.807, 2.05) is 36.6 Å². The first kappa shape index (κ1) is 21.0. The molecule has 0 atom stereocenters. The zero-order chi connectivity index (χ0) is 22.1. The number of thioether (sulfide) groups is 1. The Labute approximate surface area is 194 Å². The van der Waals surface area contributed by atoms with Gasteiger partial charge in [0.25, 0.3) is 11.8 Å². The number of hydrogen-bond acceptors (Lipinski definition) is 7. The SMILES string of the molecule is CSc1ccc2c(c1)C(=O)N(c1ccc(C(=O)Nc3cnccc3N3CCNCC3)s1)C2. The molecule has 3 aromatic rings. The Morgan fingerprint density at radius 1 is 1.19 bits per heavy atom. The van der Waals surface area contributed by atoms with E-state index in [1.54, 1.807) is 35.1 Å². The highest BCUT2D eigenvalue weighted by atomic mass is 32.2. The highest BCUT2D eigenvalue weighted by Crippen LogP contribution is 2.35. The van der Waals surface area contributed by atoms with Crippen molar-refractivity contribution in [3.63, 3.8) is 0 Å². The molecule has 2 aliphatic rings. The molecular weight excluding hydrogens is 442 g/mol. The molecule has 0 unspecified atom stereocenters. The number of fused-ring (bicyclic) bond motifs is 1. The van der Waals surface area contributed by atoms with Crippen molar-refractivity contribution in [2.75, 3.05) is 47.6 Å². The Morgan fingerprint density at radius 3 is 2.84 bits per heavy atom. The van der Waals surface area contributed by atoms with Gasteiger partial charge in [-0.1, -0.05) is 6.07 Å². The van der Waals surface area contributed by atoms with Gasteiger partial charge in [0.05, 0.1) is 34.0 Å². The maximum absolute atomic E-state index is 13.0. The molecule has 1 fully saturated rings. The van der Waals surface area contributed by atoms with E-state index in [2.05, 4.69) is 20.5 Å². The Kier molecular flexibility index (Phi) is 5.86. The number of pyridine rings is 1. The number of benzene rings is 1. The lowest BCUT2D eigenvalue weighted by atomic mass is 10.1. The molecule has 1 saturated heterocycles. The van der Waals surface area contributed by atoms with Gasteiger partial charge in [-0.3, -0.25) is 19.5 Å². The van der Waals surface area contributed by atoms with Crippen LogP contribution < -0.4 is 20.4 Å². The maximum Gasteiger partial charge on any atom is 0.265 e. The summed E-state index contributed by atoms with van der Waals surface area (Å²) in [6.07, 6.45) is 5.43. The summed E-state index contributed by atoms with van der Waals surface area (Å²) in [5.74, 6) is -0.211. The van der Waals surface area contributed by atoms with E-state index in [9.17, 15) is 9.59 Å². The molecule has 9 heteroatoms. The molecule has 0 bridgehead atoms. The van der Waals surface area contributed by atoms with Crippen LogP contribution in [0.25, 0.3) is 0 Å². The predicted octanol–water partition coefficient (Wildman–Crippen LogP) is 3.69. The zero-order valence-electron chi connectivity index (χ0n) is 17.6. The van der Waals surface area contributed by atoms with Crippen LogP contribution in [0.2, 0.25) is 0 Å². The van der Waals surface area contributed by atoms with Crippen LogP contribution in [0.1, 0.15) is 25.6 Å². The van der Waals surface area contributed by atoms with Crippen LogP contribution in [0.3, 0.4) is 0 Å². The van der Waals surface area contributed by atoms with Crippen LogP contribution in [0, 0.1) is 0 Å². The molecule has 7 nitrogen and oxygen atoms in total. The average molecular weight is 466 g/mol. The van der Waals surface area contributed by atoms with Gasteiger partial charge in [0, 0.05) is 42.8 Å². The minimum atomic E-state index is -0.195. The summed E-state index contributed by atoms with van der Waals surface area (Å²) in [6.45, 7) is 4.11. The molecule has 2 aromatic heterocycles. The quantitative estimate of drug-likeness (QED) is 0.560. The summed E-state index contributed by atoms with van der Waals surface area (Å²) in [4.78, 5) is 35.8. The first-order chi connectivity index (χ1) is 15.6. The van der Waals surface area contributed by atoms with Crippen molar-refractivity contribution in [2.45, 2.75) is 11.4 Å². The summed E-state index contributed by atoms with van der Waals surface area (Å²) < 4.78 is 0. The molecule has 1 aromatic carbocycles. The van der Waals surface area contributed by atoms with E-state index in [0.29, 0.717) is 17.1 Å². The molecule has 0 spiro atoms. The number of anilines is 3. The second-order valence-corrected chi connectivity index (χ2v) is 9.58. The van der Waals surface area contributed by atoms with Crippen molar-refractivity contribution in [1.29, 1.82) is 0 Å². The summed E-state index contributed by atoms with van der Waals surface area (Å²) in [5, 5.41) is 7.13. The lowest BCUT2D eigenvalue weighted by molar-refractivity contribution is 0.0994. The predicted molar refractivity (Wildman–Crippen MR) is 130 cm³/mol.